The number of likely N-dealkylation sites (tertiary alicyclic amines) is 1. The summed E-state index contributed by atoms with van der Waals surface area (Å²) in [5.41, 5.74) is 2.69. The number of carbonyl (C=O) groups excluding carboxylic acids is 1. The van der Waals surface area contributed by atoms with Gasteiger partial charge in [0.15, 0.2) is 0 Å². The van der Waals surface area contributed by atoms with Gasteiger partial charge >= 0.3 is 6.03 Å². The lowest BCUT2D eigenvalue weighted by Crippen LogP contribution is -2.44. The van der Waals surface area contributed by atoms with Crippen LogP contribution in [0.25, 0.3) is 0 Å². The van der Waals surface area contributed by atoms with Crippen molar-refractivity contribution in [2.45, 2.75) is 31.9 Å². The first-order valence-electron chi connectivity index (χ1n) is 8.80. The number of anilines is 1. The molecule has 4 rings (SSSR count). The van der Waals surface area contributed by atoms with Crippen LogP contribution in [-0.4, -0.2) is 47.6 Å². The summed E-state index contributed by atoms with van der Waals surface area (Å²) in [6, 6.07) is 3.70. The largest absolute Gasteiger partial charge is 0.467 e. The van der Waals surface area contributed by atoms with Gasteiger partial charge in [-0.05, 0) is 25.5 Å². The molecule has 0 saturated carbocycles. The van der Waals surface area contributed by atoms with Gasteiger partial charge in [0.2, 0.25) is 5.95 Å². The van der Waals surface area contributed by atoms with Crippen molar-refractivity contribution < 1.29 is 13.9 Å². The van der Waals surface area contributed by atoms with E-state index in [1.54, 1.807) is 13.3 Å². The van der Waals surface area contributed by atoms with E-state index in [-0.39, 0.29) is 11.4 Å². The van der Waals surface area contributed by atoms with Crippen LogP contribution in [0.4, 0.5) is 10.7 Å². The van der Waals surface area contributed by atoms with Gasteiger partial charge in [-0.25, -0.2) is 14.8 Å². The fraction of sp³-hybridized carbons (Fsp3) is 0.500. The molecule has 8 heteroatoms. The fourth-order valence-electron chi connectivity index (χ4n) is 3.80. The van der Waals surface area contributed by atoms with E-state index in [1.165, 1.54) is 0 Å². The Bertz CT molecular complexity index is 807. The van der Waals surface area contributed by atoms with E-state index >= 15 is 0 Å². The number of furan rings is 1. The van der Waals surface area contributed by atoms with Crippen molar-refractivity contribution in [2.24, 2.45) is 0 Å². The number of aromatic nitrogens is 2. The lowest BCUT2D eigenvalue weighted by Gasteiger charge is -2.35. The molecule has 2 aliphatic heterocycles. The number of rotatable bonds is 3. The Hall–Kier alpha value is -2.61. The number of urea groups is 1. The van der Waals surface area contributed by atoms with E-state index in [1.807, 2.05) is 24.0 Å². The summed E-state index contributed by atoms with van der Waals surface area (Å²) in [4.78, 5) is 23.3. The van der Waals surface area contributed by atoms with Gasteiger partial charge in [0.25, 0.3) is 0 Å². The van der Waals surface area contributed by atoms with Crippen LogP contribution >= 0.6 is 0 Å². The molecule has 4 heterocycles. The molecule has 0 bridgehead atoms. The van der Waals surface area contributed by atoms with Gasteiger partial charge in [0, 0.05) is 31.4 Å². The van der Waals surface area contributed by atoms with Crippen LogP contribution in [0, 0.1) is 6.92 Å². The van der Waals surface area contributed by atoms with Gasteiger partial charge in [0.1, 0.15) is 5.76 Å². The third-order valence-electron chi connectivity index (χ3n) is 5.20. The van der Waals surface area contributed by atoms with Crippen molar-refractivity contribution in [3.05, 3.63) is 41.1 Å². The minimum Gasteiger partial charge on any atom is -0.467 e. The molecule has 8 nitrogen and oxygen atoms in total. The average molecular weight is 357 g/mol. The summed E-state index contributed by atoms with van der Waals surface area (Å²) in [6.07, 6.45) is 2.48. The lowest BCUT2D eigenvalue weighted by molar-refractivity contribution is 0.0514. The Morgan fingerprint density at radius 1 is 1.42 bits per heavy atom. The zero-order chi connectivity index (χ0) is 18.1. The van der Waals surface area contributed by atoms with Crippen molar-refractivity contribution in [3.8, 4) is 0 Å². The monoisotopic (exact) mass is 357 g/mol. The molecule has 1 atom stereocenters. The lowest BCUT2D eigenvalue weighted by atomic mass is 9.80. The maximum absolute atomic E-state index is 12.0. The molecule has 26 heavy (non-hydrogen) atoms. The van der Waals surface area contributed by atoms with Gasteiger partial charge in [-0.3, -0.25) is 0 Å². The van der Waals surface area contributed by atoms with E-state index in [4.69, 9.17) is 14.1 Å². The van der Waals surface area contributed by atoms with Gasteiger partial charge in [-0.1, -0.05) is 0 Å². The number of fused-ring (bicyclic) bond motifs is 2. The topological polar surface area (TPSA) is 92.5 Å². The highest BCUT2D eigenvalue weighted by molar-refractivity contribution is 5.74. The highest BCUT2D eigenvalue weighted by Crippen LogP contribution is 2.40. The number of amides is 2. The highest BCUT2D eigenvalue weighted by atomic mass is 16.5. The third-order valence-corrected chi connectivity index (χ3v) is 5.20. The van der Waals surface area contributed by atoms with Gasteiger partial charge in [-0.15, -0.1) is 0 Å². The number of hydrogen-bond donors (Lipinski definition) is 2. The predicted octanol–water partition coefficient (Wildman–Crippen LogP) is 1.80. The van der Waals surface area contributed by atoms with Gasteiger partial charge < -0.3 is 24.7 Å². The molecule has 1 fully saturated rings. The molecule has 0 unspecified atom stereocenters. The number of hydrogen-bond acceptors (Lipinski definition) is 6. The zero-order valence-electron chi connectivity index (χ0n) is 15.0. The smallest absolute Gasteiger partial charge is 0.317 e. The molecule has 0 aliphatic carbocycles. The number of aryl methyl sites for hydroxylation is 1. The average Bonchev–Trinajstić information content (AvgIpc) is 3.31. The number of ether oxygens (including phenoxy) is 1. The van der Waals surface area contributed by atoms with Crippen LogP contribution in [-0.2, 0) is 23.3 Å². The normalized spacial score (nSPS) is 21.7. The first-order valence-corrected chi connectivity index (χ1v) is 8.80. The molecule has 2 aliphatic rings. The molecule has 1 saturated heterocycles. The van der Waals surface area contributed by atoms with E-state index in [2.05, 4.69) is 15.6 Å². The number of nitrogens with zero attached hydrogens (tertiary/aromatic N) is 3. The molecular formula is C18H23N5O3. The molecule has 2 N–H and O–H groups in total. The van der Waals surface area contributed by atoms with Crippen LogP contribution in [0.3, 0.4) is 0 Å². The Balaban J connectivity index is 1.63. The Morgan fingerprint density at radius 3 is 3.08 bits per heavy atom. The Morgan fingerprint density at radius 2 is 2.31 bits per heavy atom. The SMILES string of the molecule is CNC(=O)N1CC[C@@]2(COCc3c(C)nc(NCc4ccco4)nc32)C1. The molecule has 0 radical (unpaired) electrons. The Labute approximate surface area is 151 Å². The number of nitrogens with one attached hydrogen (secondary N) is 2. The summed E-state index contributed by atoms with van der Waals surface area (Å²) in [6.45, 7) is 4.89. The van der Waals surface area contributed by atoms with Gasteiger partial charge in [-0.2, -0.15) is 0 Å². The van der Waals surface area contributed by atoms with Crippen molar-refractivity contribution in [3.63, 3.8) is 0 Å². The van der Waals surface area contributed by atoms with Crippen molar-refractivity contribution >= 4 is 12.0 Å². The van der Waals surface area contributed by atoms with Crippen LogP contribution in [0.2, 0.25) is 0 Å². The standard InChI is InChI=1S/C18H23N5O3/c1-12-14-9-25-11-18(5-6-23(10-18)17(24)19-2)15(14)22-16(21-12)20-8-13-4-3-7-26-13/h3-4,7H,5-6,8-11H2,1-2H3,(H,19,24)(H,20,21,22)/t18-/m0/s1. The minimum absolute atomic E-state index is 0.0593. The first kappa shape index (κ1) is 16.8. The highest BCUT2D eigenvalue weighted by Gasteiger charge is 2.46. The second kappa shape index (κ2) is 6.60. The molecule has 1 spiro atoms. The van der Waals surface area contributed by atoms with Crippen molar-refractivity contribution in [1.82, 2.24) is 20.2 Å². The second-order valence-corrected chi connectivity index (χ2v) is 6.89. The summed E-state index contributed by atoms with van der Waals surface area (Å²) >= 11 is 0. The van der Waals surface area contributed by atoms with Gasteiger partial charge in [0.05, 0.1) is 37.1 Å². The molecule has 0 aromatic carbocycles. The molecule has 2 aromatic heterocycles. The van der Waals surface area contributed by atoms with Crippen LogP contribution in [0.5, 0.6) is 0 Å². The van der Waals surface area contributed by atoms with E-state index in [0.29, 0.717) is 38.8 Å². The summed E-state index contributed by atoms with van der Waals surface area (Å²) < 4.78 is 11.2. The van der Waals surface area contributed by atoms with E-state index < -0.39 is 0 Å². The van der Waals surface area contributed by atoms with Crippen molar-refractivity contribution in [1.29, 1.82) is 0 Å². The van der Waals surface area contributed by atoms with E-state index in [0.717, 1.165) is 29.1 Å². The molecular weight excluding hydrogens is 334 g/mol. The molecule has 138 valence electrons. The predicted molar refractivity (Wildman–Crippen MR) is 94.8 cm³/mol. The van der Waals surface area contributed by atoms with Crippen LogP contribution < -0.4 is 10.6 Å². The van der Waals surface area contributed by atoms with Crippen LogP contribution in [0.1, 0.15) is 29.1 Å². The fourth-order valence-corrected chi connectivity index (χ4v) is 3.80. The third kappa shape index (κ3) is 2.90. The summed E-state index contributed by atoms with van der Waals surface area (Å²) in [7, 11) is 1.65. The zero-order valence-corrected chi connectivity index (χ0v) is 15.0. The quantitative estimate of drug-likeness (QED) is 0.870. The maximum atomic E-state index is 12.0. The van der Waals surface area contributed by atoms with Crippen LogP contribution in [0.15, 0.2) is 22.8 Å². The van der Waals surface area contributed by atoms with E-state index in [9.17, 15) is 4.79 Å². The second-order valence-electron chi connectivity index (χ2n) is 6.89. The minimum atomic E-state index is -0.269. The number of carbonyl (C=O) groups is 1. The summed E-state index contributed by atoms with van der Waals surface area (Å²) in [5, 5.41) is 5.94. The maximum Gasteiger partial charge on any atom is 0.317 e. The van der Waals surface area contributed by atoms with Crippen molar-refractivity contribution in [2.75, 3.05) is 32.1 Å². The molecule has 2 amide bonds. The first-order chi connectivity index (χ1) is 12.6. The molecule has 2 aromatic rings. The summed E-state index contributed by atoms with van der Waals surface area (Å²) in [5.74, 6) is 1.41. The Kier molecular flexibility index (Phi) is 4.28.